The smallest absolute Gasteiger partial charge is 0.123 e. The fourth-order valence-corrected chi connectivity index (χ4v) is 1.88. The molecule has 0 unspecified atom stereocenters. The van der Waals surface area contributed by atoms with Gasteiger partial charge in [0.25, 0.3) is 0 Å². The number of phenolic OH excluding ortho intramolecular Hbond substituents is 3. The highest BCUT2D eigenvalue weighted by Gasteiger charge is 2.05. The molecule has 0 saturated heterocycles. The van der Waals surface area contributed by atoms with Gasteiger partial charge in [0.2, 0.25) is 0 Å². The number of hydrogen-bond acceptors (Lipinski definition) is 3. The van der Waals surface area contributed by atoms with Gasteiger partial charge in [0.15, 0.2) is 0 Å². The first-order chi connectivity index (χ1) is 8.97. The lowest BCUT2D eigenvalue weighted by molar-refractivity contribution is 0.456. The van der Waals surface area contributed by atoms with Crippen LogP contribution >= 0.6 is 0 Å². The highest BCUT2D eigenvalue weighted by Crippen LogP contribution is 2.30. The minimum Gasteiger partial charge on any atom is -0.508 e. The molecule has 3 heteroatoms. The SMILES string of the molecule is CC(=Cc1cc(O)c(C)cc1O)c1cccc(O)c1. The predicted molar refractivity (Wildman–Crippen MR) is 76.2 cm³/mol. The minimum atomic E-state index is 0.120. The van der Waals surface area contributed by atoms with Crippen LogP contribution in [0.2, 0.25) is 0 Å². The second-order valence-electron chi connectivity index (χ2n) is 4.58. The van der Waals surface area contributed by atoms with Gasteiger partial charge in [-0.25, -0.2) is 0 Å². The van der Waals surface area contributed by atoms with Gasteiger partial charge < -0.3 is 15.3 Å². The topological polar surface area (TPSA) is 60.7 Å². The zero-order valence-electron chi connectivity index (χ0n) is 10.9. The van der Waals surface area contributed by atoms with Crippen LogP contribution in [0.25, 0.3) is 11.6 Å². The van der Waals surface area contributed by atoms with Crippen molar-refractivity contribution in [3.05, 3.63) is 53.1 Å². The van der Waals surface area contributed by atoms with Crippen molar-refractivity contribution in [1.29, 1.82) is 0 Å². The quantitative estimate of drug-likeness (QED) is 0.567. The van der Waals surface area contributed by atoms with E-state index < -0.39 is 0 Å². The molecule has 98 valence electrons. The predicted octanol–water partition coefficient (Wildman–Crippen LogP) is 3.67. The van der Waals surface area contributed by atoms with Gasteiger partial charge in [-0.1, -0.05) is 12.1 Å². The third-order valence-electron chi connectivity index (χ3n) is 3.02. The lowest BCUT2D eigenvalue weighted by Crippen LogP contribution is -1.83. The third kappa shape index (κ3) is 2.88. The maximum atomic E-state index is 9.86. The van der Waals surface area contributed by atoms with Gasteiger partial charge in [0, 0.05) is 5.56 Å². The largest absolute Gasteiger partial charge is 0.508 e. The minimum absolute atomic E-state index is 0.120. The van der Waals surface area contributed by atoms with Crippen LogP contribution in [-0.4, -0.2) is 15.3 Å². The van der Waals surface area contributed by atoms with Crippen molar-refractivity contribution in [3.8, 4) is 17.2 Å². The first kappa shape index (κ1) is 13.0. The third-order valence-corrected chi connectivity index (χ3v) is 3.02. The summed E-state index contributed by atoms with van der Waals surface area (Å²) in [6, 6.07) is 9.93. The number of allylic oxidation sites excluding steroid dienone is 1. The molecule has 3 N–H and O–H groups in total. The van der Waals surface area contributed by atoms with Gasteiger partial charge in [-0.2, -0.15) is 0 Å². The normalized spacial score (nSPS) is 11.6. The number of rotatable bonds is 2. The molecule has 0 aliphatic heterocycles. The fraction of sp³-hybridized carbons (Fsp3) is 0.125. The summed E-state index contributed by atoms with van der Waals surface area (Å²) in [5.74, 6) is 0.462. The second-order valence-corrected chi connectivity index (χ2v) is 4.58. The molecule has 0 atom stereocenters. The Morgan fingerprint density at radius 1 is 1.00 bits per heavy atom. The Hall–Kier alpha value is -2.42. The summed E-state index contributed by atoms with van der Waals surface area (Å²) < 4.78 is 0. The Bertz CT molecular complexity index is 642. The molecule has 0 heterocycles. The molecular formula is C16H16O3. The first-order valence-electron chi connectivity index (χ1n) is 5.97. The summed E-state index contributed by atoms with van der Waals surface area (Å²) in [5, 5.41) is 29.0. The summed E-state index contributed by atoms with van der Waals surface area (Å²) >= 11 is 0. The summed E-state index contributed by atoms with van der Waals surface area (Å²) in [7, 11) is 0. The zero-order valence-corrected chi connectivity index (χ0v) is 10.9. The van der Waals surface area contributed by atoms with E-state index in [4.69, 9.17) is 0 Å². The Morgan fingerprint density at radius 3 is 2.42 bits per heavy atom. The van der Waals surface area contributed by atoms with Crippen molar-refractivity contribution in [2.24, 2.45) is 0 Å². The molecule has 0 amide bonds. The van der Waals surface area contributed by atoms with Crippen molar-refractivity contribution in [3.63, 3.8) is 0 Å². The first-order valence-corrected chi connectivity index (χ1v) is 5.97. The molecule has 2 aromatic carbocycles. The van der Waals surface area contributed by atoms with E-state index in [1.807, 2.05) is 13.0 Å². The zero-order chi connectivity index (χ0) is 14.0. The van der Waals surface area contributed by atoms with Crippen LogP contribution in [0.3, 0.4) is 0 Å². The van der Waals surface area contributed by atoms with Crippen molar-refractivity contribution in [2.45, 2.75) is 13.8 Å². The van der Waals surface area contributed by atoms with Gasteiger partial charge in [0.05, 0.1) is 0 Å². The van der Waals surface area contributed by atoms with Crippen LogP contribution in [0.1, 0.15) is 23.6 Å². The highest BCUT2D eigenvalue weighted by molar-refractivity contribution is 5.82. The maximum Gasteiger partial charge on any atom is 0.123 e. The van der Waals surface area contributed by atoms with Crippen molar-refractivity contribution in [1.82, 2.24) is 0 Å². The molecule has 0 aliphatic carbocycles. The van der Waals surface area contributed by atoms with E-state index in [0.29, 0.717) is 11.1 Å². The molecule has 2 rings (SSSR count). The molecule has 19 heavy (non-hydrogen) atoms. The number of hydrogen-bond donors (Lipinski definition) is 3. The Balaban J connectivity index is 2.43. The van der Waals surface area contributed by atoms with Crippen LogP contribution in [0.5, 0.6) is 17.2 Å². The number of aryl methyl sites for hydroxylation is 1. The van der Waals surface area contributed by atoms with Crippen molar-refractivity contribution >= 4 is 11.6 Å². The lowest BCUT2D eigenvalue weighted by Gasteiger charge is -2.06. The van der Waals surface area contributed by atoms with E-state index >= 15 is 0 Å². The lowest BCUT2D eigenvalue weighted by atomic mass is 10.0. The molecule has 0 radical (unpaired) electrons. The van der Waals surface area contributed by atoms with Crippen LogP contribution in [0.15, 0.2) is 36.4 Å². The van der Waals surface area contributed by atoms with Crippen LogP contribution in [-0.2, 0) is 0 Å². The van der Waals surface area contributed by atoms with E-state index in [-0.39, 0.29) is 17.2 Å². The number of aromatic hydroxyl groups is 3. The van der Waals surface area contributed by atoms with Crippen LogP contribution in [0, 0.1) is 6.92 Å². The number of phenols is 3. The van der Waals surface area contributed by atoms with Crippen molar-refractivity contribution in [2.75, 3.05) is 0 Å². The molecule has 0 bridgehead atoms. The molecular weight excluding hydrogens is 240 g/mol. The molecule has 0 aliphatic rings. The van der Waals surface area contributed by atoms with Crippen LogP contribution < -0.4 is 0 Å². The Labute approximate surface area is 112 Å². The highest BCUT2D eigenvalue weighted by atomic mass is 16.3. The summed E-state index contributed by atoms with van der Waals surface area (Å²) in [6.45, 7) is 3.61. The summed E-state index contributed by atoms with van der Waals surface area (Å²) in [6.07, 6.45) is 1.77. The Morgan fingerprint density at radius 2 is 1.74 bits per heavy atom. The average Bonchev–Trinajstić information content (AvgIpc) is 2.36. The molecule has 2 aromatic rings. The summed E-state index contributed by atoms with van der Waals surface area (Å²) in [4.78, 5) is 0. The maximum absolute atomic E-state index is 9.86. The summed E-state index contributed by atoms with van der Waals surface area (Å²) in [5.41, 5.74) is 2.92. The van der Waals surface area contributed by atoms with Gasteiger partial charge in [0.1, 0.15) is 17.2 Å². The molecule has 3 nitrogen and oxygen atoms in total. The van der Waals surface area contributed by atoms with Gasteiger partial charge >= 0.3 is 0 Å². The fourth-order valence-electron chi connectivity index (χ4n) is 1.88. The van der Waals surface area contributed by atoms with E-state index in [9.17, 15) is 15.3 Å². The molecule has 0 fully saturated rings. The molecule has 0 spiro atoms. The second kappa shape index (κ2) is 5.06. The number of benzene rings is 2. The van der Waals surface area contributed by atoms with E-state index in [1.54, 1.807) is 31.2 Å². The van der Waals surface area contributed by atoms with Gasteiger partial charge in [-0.3, -0.25) is 0 Å². The van der Waals surface area contributed by atoms with E-state index in [2.05, 4.69) is 0 Å². The van der Waals surface area contributed by atoms with E-state index in [1.165, 1.54) is 12.1 Å². The Kier molecular flexibility index (Phi) is 3.47. The van der Waals surface area contributed by atoms with Crippen molar-refractivity contribution < 1.29 is 15.3 Å². The van der Waals surface area contributed by atoms with Crippen LogP contribution in [0.4, 0.5) is 0 Å². The molecule has 0 aromatic heterocycles. The molecule has 0 saturated carbocycles. The van der Waals surface area contributed by atoms with E-state index in [0.717, 1.165) is 11.1 Å². The van der Waals surface area contributed by atoms with Gasteiger partial charge in [-0.05, 0) is 60.9 Å². The average molecular weight is 256 g/mol. The standard InChI is InChI=1S/C16H16O3/c1-10(12-4-3-5-14(17)8-12)6-13-9-15(18)11(2)7-16(13)19/h3-9,17-19H,1-2H3. The van der Waals surface area contributed by atoms with Gasteiger partial charge in [-0.15, -0.1) is 0 Å². The monoisotopic (exact) mass is 256 g/mol.